The van der Waals surface area contributed by atoms with Gasteiger partial charge in [0, 0.05) is 12.1 Å². The molecule has 3 rings (SSSR count). The van der Waals surface area contributed by atoms with Gasteiger partial charge in [0.2, 0.25) is 0 Å². The average Bonchev–Trinajstić information content (AvgIpc) is 2.98. The maximum Gasteiger partial charge on any atom is 0.178 e. The van der Waals surface area contributed by atoms with Crippen LogP contribution in [-0.2, 0) is 6.42 Å². The van der Waals surface area contributed by atoms with E-state index in [4.69, 9.17) is 11.6 Å². The number of hydrogen-bond donors (Lipinski definition) is 2. The number of aromatic nitrogens is 4. The Morgan fingerprint density at radius 1 is 1.27 bits per heavy atom. The minimum Gasteiger partial charge on any atom is -0.352 e. The molecule has 0 aliphatic rings. The summed E-state index contributed by atoms with van der Waals surface area (Å²) < 4.78 is 13.9. The molecule has 0 saturated heterocycles. The van der Waals surface area contributed by atoms with Crippen LogP contribution in [0.25, 0.3) is 0 Å². The SMILES string of the molecule is Cc1ccc(Nc2c(F)cccc2Cl)c(Cc2nn[nH]n2)c1. The van der Waals surface area contributed by atoms with Crippen LogP contribution in [0, 0.1) is 12.7 Å². The fourth-order valence-corrected chi connectivity index (χ4v) is 2.38. The highest BCUT2D eigenvalue weighted by molar-refractivity contribution is 6.33. The summed E-state index contributed by atoms with van der Waals surface area (Å²) in [6.07, 6.45) is 0.479. The van der Waals surface area contributed by atoms with Gasteiger partial charge in [-0.1, -0.05) is 40.6 Å². The van der Waals surface area contributed by atoms with E-state index in [1.165, 1.54) is 6.07 Å². The molecule has 5 nitrogen and oxygen atoms in total. The summed E-state index contributed by atoms with van der Waals surface area (Å²) in [6, 6.07) is 10.4. The van der Waals surface area contributed by atoms with Gasteiger partial charge in [-0.2, -0.15) is 5.21 Å². The Labute approximate surface area is 131 Å². The van der Waals surface area contributed by atoms with E-state index in [0.717, 1.165) is 16.8 Å². The van der Waals surface area contributed by atoms with Crippen LogP contribution in [0.2, 0.25) is 5.02 Å². The van der Waals surface area contributed by atoms with Crippen LogP contribution in [0.1, 0.15) is 17.0 Å². The lowest BCUT2D eigenvalue weighted by Gasteiger charge is -2.14. The number of hydrogen-bond acceptors (Lipinski definition) is 4. The van der Waals surface area contributed by atoms with Crippen molar-refractivity contribution in [3.05, 3.63) is 64.2 Å². The zero-order valence-electron chi connectivity index (χ0n) is 11.8. The summed E-state index contributed by atoms with van der Waals surface area (Å²) >= 11 is 6.06. The van der Waals surface area contributed by atoms with Crippen molar-refractivity contribution >= 4 is 23.0 Å². The van der Waals surface area contributed by atoms with Crippen molar-refractivity contribution in [2.24, 2.45) is 0 Å². The summed E-state index contributed by atoms with van der Waals surface area (Å²) in [4.78, 5) is 0. The third-order valence-electron chi connectivity index (χ3n) is 3.22. The molecule has 0 amide bonds. The molecule has 0 bridgehead atoms. The molecule has 0 saturated carbocycles. The molecule has 1 heterocycles. The predicted molar refractivity (Wildman–Crippen MR) is 82.9 cm³/mol. The molecule has 0 radical (unpaired) electrons. The monoisotopic (exact) mass is 317 g/mol. The Kier molecular flexibility index (Phi) is 4.02. The van der Waals surface area contributed by atoms with E-state index in [-0.39, 0.29) is 5.69 Å². The first-order valence-electron chi connectivity index (χ1n) is 6.66. The molecule has 0 spiro atoms. The summed E-state index contributed by atoms with van der Waals surface area (Å²) in [5.74, 6) is 0.159. The lowest BCUT2D eigenvalue weighted by atomic mass is 10.1. The molecule has 2 aromatic carbocycles. The minimum absolute atomic E-state index is 0.252. The van der Waals surface area contributed by atoms with Crippen molar-refractivity contribution in [2.75, 3.05) is 5.32 Å². The van der Waals surface area contributed by atoms with Crippen LogP contribution in [0.5, 0.6) is 0 Å². The molecule has 0 aliphatic heterocycles. The standard InChI is InChI=1S/C15H13ClFN5/c1-9-5-6-13(10(7-9)8-14-19-21-22-20-14)18-15-11(16)3-2-4-12(15)17/h2-7,18H,8H2,1H3,(H,19,20,21,22). The lowest BCUT2D eigenvalue weighted by Crippen LogP contribution is -2.01. The number of aryl methyl sites for hydroxylation is 1. The Morgan fingerprint density at radius 2 is 2.14 bits per heavy atom. The number of tetrazole rings is 1. The van der Waals surface area contributed by atoms with Gasteiger partial charge in [0.05, 0.1) is 10.7 Å². The van der Waals surface area contributed by atoms with Crippen molar-refractivity contribution in [3.63, 3.8) is 0 Å². The molecule has 3 aromatic rings. The second-order valence-corrected chi connectivity index (χ2v) is 5.29. The Hall–Kier alpha value is -2.47. The summed E-state index contributed by atoms with van der Waals surface area (Å²) in [5.41, 5.74) is 3.02. The van der Waals surface area contributed by atoms with Crippen LogP contribution < -0.4 is 5.32 Å². The average molecular weight is 318 g/mol. The Balaban J connectivity index is 1.96. The Bertz CT molecular complexity index is 768. The maximum atomic E-state index is 13.9. The van der Waals surface area contributed by atoms with E-state index in [2.05, 4.69) is 25.9 Å². The predicted octanol–water partition coefficient (Wildman–Crippen LogP) is 3.64. The fraction of sp³-hybridized carbons (Fsp3) is 0.133. The zero-order chi connectivity index (χ0) is 15.5. The number of H-pyrrole nitrogens is 1. The van der Waals surface area contributed by atoms with Gasteiger partial charge < -0.3 is 5.32 Å². The third-order valence-corrected chi connectivity index (χ3v) is 3.54. The number of para-hydroxylation sites is 1. The number of anilines is 2. The van der Waals surface area contributed by atoms with Gasteiger partial charge in [0.25, 0.3) is 0 Å². The first-order valence-corrected chi connectivity index (χ1v) is 7.04. The van der Waals surface area contributed by atoms with E-state index in [9.17, 15) is 4.39 Å². The number of halogens is 2. The molecule has 2 N–H and O–H groups in total. The van der Waals surface area contributed by atoms with Crippen molar-refractivity contribution < 1.29 is 4.39 Å². The smallest absolute Gasteiger partial charge is 0.178 e. The fourth-order valence-electron chi connectivity index (χ4n) is 2.17. The normalized spacial score (nSPS) is 10.7. The first-order chi connectivity index (χ1) is 10.6. The quantitative estimate of drug-likeness (QED) is 0.771. The van der Waals surface area contributed by atoms with Gasteiger partial charge in [0.15, 0.2) is 5.82 Å². The van der Waals surface area contributed by atoms with Crippen LogP contribution in [-0.4, -0.2) is 20.6 Å². The number of aromatic amines is 1. The molecule has 22 heavy (non-hydrogen) atoms. The third kappa shape index (κ3) is 3.07. The largest absolute Gasteiger partial charge is 0.352 e. The highest BCUT2D eigenvalue weighted by Crippen LogP contribution is 2.30. The minimum atomic E-state index is -0.404. The number of benzene rings is 2. The zero-order valence-corrected chi connectivity index (χ0v) is 12.5. The summed E-state index contributed by atoms with van der Waals surface area (Å²) in [7, 11) is 0. The van der Waals surface area contributed by atoms with Crippen molar-refractivity contribution in [1.29, 1.82) is 0 Å². The molecule has 112 valence electrons. The van der Waals surface area contributed by atoms with Gasteiger partial charge in [-0.05, 0) is 30.7 Å². The molecular weight excluding hydrogens is 305 g/mol. The second-order valence-electron chi connectivity index (χ2n) is 4.89. The van der Waals surface area contributed by atoms with Gasteiger partial charge in [-0.25, -0.2) is 4.39 Å². The van der Waals surface area contributed by atoms with E-state index < -0.39 is 5.82 Å². The van der Waals surface area contributed by atoms with Crippen molar-refractivity contribution in [3.8, 4) is 0 Å². The van der Waals surface area contributed by atoms with E-state index in [0.29, 0.717) is 17.3 Å². The van der Waals surface area contributed by atoms with Gasteiger partial charge in [-0.15, -0.1) is 10.2 Å². The second kappa shape index (κ2) is 6.11. The van der Waals surface area contributed by atoms with E-state index >= 15 is 0 Å². The molecule has 7 heteroatoms. The Morgan fingerprint density at radius 3 is 2.86 bits per heavy atom. The highest BCUT2D eigenvalue weighted by Gasteiger charge is 2.11. The van der Waals surface area contributed by atoms with Crippen LogP contribution in [0.4, 0.5) is 15.8 Å². The molecule has 0 aliphatic carbocycles. The van der Waals surface area contributed by atoms with Crippen LogP contribution >= 0.6 is 11.6 Å². The summed E-state index contributed by atoms with van der Waals surface area (Å²) in [5, 5.41) is 17.2. The van der Waals surface area contributed by atoms with Crippen LogP contribution in [0.15, 0.2) is 36.4 Å². The van der Waals surface area contributed by atoms with E-state index in [1.807, 2.05) is 25.1 Å². The van der Waals surface area contributed by atoms with Gasteiger partial charge in [-0.3, -0.25) is 0 Å². The molecule has 0 unspecified atom stereocenters. The van der Waals surface area contributed by atoms with Crippen molar-refractivity contribution in [2.45, 2.75) is 13.3 Å². The highest BCUT2D eigenvalue weighted by atomic mass is 35.5. The topological polar surface area (TPSA) is 66.5 Å². The van der Waals surface area contributed by atoms with Gasteiger partial charge in [0.1, 0.15) is 5.82 Å². The molecule has 0 atom stereocenters. The molecular formula is C15H13ClFN5. The maximum absolute atomic E-state index is 13.9. The van der Waals surface area contributed by atoms with E-state index in [1.54, 1.807) is 12.1 Å². The lowest BCUT2D eigenvalue weighted by molar-refractivity contribution is 0.632. The first kappa shape index (κ1) is 14.5. The van der Waals surface area contributed by atoms with Crippen molar-refractivity contribution in [1.82, 2.24) is 20.6 Å². The number of nitrogens with zero attached hydrogens (tertiary/aromatic N) is 3. The number of rotatable bonds is 4. The molecule has 0 fully saturated rings. The molecule has 1 aromatic heterocycles. The number of nitrogens with one attached hydrogen (secondary N) is 2. The van der Waals surface area contributed by atoms with Gasteiger partial charge >= 0.3 is 0 Å². The van der Waals surface area contributed by atoms with Crippen LogP contribution in [0.3, 0.4) is 0 Å². The summed E-state index contributed by atoms with van der Waals surface area (Å²) in [6.45, 7) is 1.99.